The topological polar surface area (TPSA) is 24.4 Å². The minimum atomic E-state index is 0.231. The summed E-state index contributed by atoms with van der Waals surface area (Å²) in [7, 11) is 0. The maximum Gasteiger partial charge on any atom is 0.109 e. The minimum Gasteiger partial charge on any atom is -0.316 e. The van der Waals surface area contributed by atoms with Crippen molar-refractivity contribution in [1.29, 1.82) is 0 Å². The van der Waals surface area contributed by atoms with Crippen molar-refractivity contribution in [2.45, 2.75) is 36.3 Å². The summed E-state index contributed by atoms with van der Waals surface area (Å²) in [6.45, 7) is 6.75. The van der Waals surface area contributed by atoms with Crippen LogP contribution in [0.1, 0.15) is 26.7 Å². The molecule has 0 saturated carbocycles. The number of rotatable bonds is 0. The second-order valence-electron chi connectivity index (χ2n) is 4.16. The predicted octanol–water partition coefficient (Wildman–Crippen LogP) is 1.66. The van der Waals surface area contributed by atoms with Crippen LogP contribution in [-0.2, 0) is 0 Å². The normalized spacial score (nSPS) is 31.2. The van der Waals surface area contributed by atoms with Crippen LogP contribution in [-0.4, -0.2) is 28.9 Å². The van der Waals surface area contributed by atoms with Gasteiger partial charge in [-0.1, -0.05) is 0 Å². The van der Waals surface area contributed by atoms with Crippen LogP contribution in [0.15, 0.2) is 4.99 Å². The molecular formula is C9H16N2S. The van der Waals surface area contributed by atoms with Gasteiger partial charge < -0.3 is 5.32 Å². The first-order valence-corrected chi connectivity index (χ1v) is 5.41. The lowest BCUT2D eigenvalue weighted by atomic mass is 10.1. The third-order valence-corrected chi connectivity index (χ3v) is 3.97. The van der Waals surface area contributed by atoms with Crippen molar-refractivity contribution in [2.75, 3.05) is 13.1 Å². The van der Waals surface area contributed by atoms with Gasteiger partial charge in [-0.25, -0.2) is 0 Å². The highest BCUT2D eigenvalue weighted by atomic mass is 32.2. The van der Waals surface area contributed by atoms with Gasteiger partial charge in [-0.05, 0) is 39.8 Å². The standard InChI is InChI=1S/C9H16N2S/c1-8(2)7-11-9(12-8)3-5-10-6-4-9/h7,10H,3-6H2,1-2H3. The molecule has 3 heteroatoms. The monoisotopic (exact) mass is 184 g/mol. The van der Waals surface area contributed by atoms with E-state index in [0.29, 0.717) is 0 Å². The molecule has 1 spiro atoms. The number of hydrogen-bond donors (Lipinski definition) is 1. The smallest absolute Gasteiger partial charge is 0.109 e. The summed E-state index contributed by atoms with van der Waals surface area (Å²) in [4.78, 5) is 4.91. The zero-order valence-electron chi connectivity index (χ0n) is 7.76. The molecule has 0 aromatic heterocycles. The van der Waals surface area contributed by atoms with E-state index in [1.807, 2.05) is 11.8 Å². The Bertz CT molecular complexity index is 205. The van der Waals surface area contributed by atoms with E-state index in [-0.39, 0.29) is 9.62 Å². The van der Waals surface area contributed by atoms with Crippen LogP contribution in [0.4, 0.5) is 0 Å². The van der Waals surface area contributed by atoms with Crippen LogP contribution < -0.4 is 5.32 Å². The summed E-state index contributed by atoms with van der Waals surface area (Å²) >= 11 is 2.03. The molecule has 0 unspecified atom stereocenters. The summed E-state index contributed by atoms with van der Waals surface area (Å²) in [6, 6.07) is 0. The van der Waals surface area contributed by atoms with Gasteiger partial charge in [-0.15, -0.1) is 11.8 Å². The molecular weight excluding hydrogens is 168 g/mol. The van der Waals surface area contributed by atoms with Crippen molar-refractivity contribution in [2.24, 2.45) is 4.99 Å². The molecule has 0 aromatic carbocycles. The Balaban J connectivity index is 2.10. The highest BCUT2D eigenvalue weighted by Crippen LogP contribution is 2.47. The van der Waals surface area contributed by atoms with E-state index in [0.717, 1.165) is 13.1 Å². The van der Waals surface area contributed by atoms with E-state index in [1.165, 1.54) is 12.8 Å². The Morgan fingerprint density at radius 2 is 2.00 bits per heavy atom. The molecule has 0 amide bonds. The van der Waals surface area contributed by atoms with Crippen molar-refractivity contribution in [1.82, 2.24) is 5.32 Å². The molecule has 2 heterocycles. The molecule has 0 radical (unpaired) electrons. The second kappa shape index (κ2) is 2.74. The molecule has 12 heavy (non-hydrogen) atoms. The highest BCUT2D eigenvalue weighted by Gasteiger charge is 2.41. The van der Waals surface area contributed by atoms with E-state index < -0.39 is 0 Å². The van der Waals surface area contributed by atoms with E-state index in [4.69, 9.17) is 0 Å². The van der Waals surface area contributed by atoms with Crippen LogP contribution >= 0.6 is 11.8 Å². The van der Waals surface area contributed by atoms with Gasteiger partial charge in [0.1, 0.15) is 4.87 Å². The molecule has 0 aliphatic carbocycles. The van der Waals surface area contributed by atoms with Gasteiger partial charge >= 0.3 is 0 Å². The van der Waals surface area contributed by atoms with Crippen molar-refractivity contribution >= 4 is 18.0 Å². The Hall–Kier alpha value is -0.0200. The third-order valence-electron chi connectivity index (χ3n) is 2.45. The molecule has 0 aromatic rings. The fourth-order valence-corrected chi connectivity index (χ4v) is 3.46. The van der Waals surface area contributed by atoms with Crippen LogP contribution in [0.5, 0.6) is 0 Å². The largest absolute Gasteiger partial charge is 0.316 e. The molecule has 1 fully saturated rings. The molecule has 2 aliphatic heterocycles. The van der Waals surface area contributed by atoms with E-state index in [9.17, 15) is 0 Å². The Labute approximate surface area is 78.2 Å². The first-order valence-electron chi connectivity index (χ1n) is 4.59. The molecule has 1 saturated heterocycles. The maximum absolute atomic E-state index is 4.68. The summed E-state index contributed by atoms with van der Waals surface area (Å²) in [6.07, 6.45) is 4.51. The summed E-state index contributed by atoms with van der Waals surface area (Å²) < 4.78 is 0.261. The lowest BCUT2D eigenvalue weighted by molar-refractivity contribution is 0.429. The molecule has 0 atom stereocenters. The van der Waals surface area contributed by atoms with Crippen LogP contribution in [0, 0.1) is 0 Å². The summed E-state index contributed by atoms with van der Waals surface area (Å²) in [5.74, 6) is 0. The highest BCUT2D eigenvalue weighted by molar-refractivity contribution is 8.03. The number of hydrogen-bond acceptors (Lipinski definition) is 3. The Morgan fingerprint density at radius 1 is 1.33 bits per heavy atom. The van der Waals surface area contributed by atoms with Crippen molar-refractivity contribution in [3.8, 4) is 0 Å². The number of nitrogens with zero attached hydrogens (tertiary/aromatic N) is 1. The molecule has 2 nitrogen and oxygen atoms in total. The quantitative estimate of drug-likeness (QED) is 0.619. The first kappa shape index (κ1) is 8.57. The van der Waals surface area contributed by atoms with Gasteiger partial charge in [0.2, 0.25) is 0 Å². The lowest BCUT2D eigenvalue weighted by Crippen LogP contribution is -2.37. The van der Waals surface area contributed by atoms with Crippen molar-refractivity contribution in [3.05, 3.63) is 0 Å². The van der Waals surface area contributed by atoms with Crippen molar-refractivity contribution < 1.29 is 0 Å². The average Bonchev–Trinajstić information content (AvgIpc) is 2.29. The molecule has 2 rings (SSSR count). The zero-order valence-corrected chi connectivity index (χ0v) is 8.58. The fourth-order valence-electron chi connectivity index (χ4n) is 1.86. The number of thioether (sulfide) groups is 1. The van der Waals surface area contributed by atoms with E-state index in [1.54, 1.807) is 0 Å². The predicted molar refractivity (Wildman–Crippen MR) is 55.0 cm³/mol. The van der Waals surface area contributed by atoms with E-state index >= 15 is 0 Å². The van der Waals surface area contributed by atoms with Gasteiger partial charge in [0.15, 0.2) is 0 Å². The summed E-state index contributed by atoms with van der Waals surface area (Å²) in [5.41, 5.74) is 0. The van der Waals surface area contributed by atoms with Gasteiger partial charge in [0.05, 0.1) is 0 Å². The number of piperidine rings is 1. The second-order valence-corrected chi connectivity index (χ2v) is 6.18. The molecule has 68 valence electrons. The summed E-state index contributed by atoms with van der Waals surface area (Å²) in [5, 5.41) is 3.38. The van der Waals surface area contributed by atoms with Crippen molar-refractivity contribution in [3.63, 3.8) is 0 Å². The Morgan fingerprint density at radius 3 is 2.50 bits per heavy atom. The van der Waals surface area contributed by atoms with Crippen LogP contribution in [0.2, 0.25) is 0 Å². The van der Waals surface area contributed by atoms with Gasteiger partial charge in [0.25, 0.3) is 0 Å². The van der Waals surface area contributed by atoms with Gasteiger partial charge in [0, 0.05) is 11.0 Å². The first-order chi connectivity index (χ1) is 5.62. The van der Waals surface area contributed by atoms with Crippen LogP contribution in [0.3, 0.4) is 0 Å². The van der Waals surface area contributed by atoms with E-state index in [2.05, 4.69) is 30.4 Å². The fraction of sp³-hybridized carbons (Fsp3) is 0.889. The average molecular weight is 184 g/mol. The molecule has 0 bridgehead atoms. The van der Waals surface area contributed by atoms with Gasteiger partial charge in [-0.2, -0.15) is 0 Å². The number of nitrogens with one attached hydrogen (secondary N) is 1. The van der Waals surface area contributed by atoms with Crippen LogP contribution in [0.25, 0.3) is 0 Å². The lowest BCUT2D eigenvalue weighted by Gasteiger charge is -2.32. The molecule has 2 aliphatic rings. The third kappa shape index (κ3) is 1.52. The minimum absolute atomic E-state index is 0.231. The number of aliphatic imine (C=N–C) groups is 1. The SMILES string of the molecule is CC1(C)C=NC2(CCNCC2)S1. The Kier molecular flexibility index (Phi) is 1.96. The molecule has 1 N–H and O–H groups in total. The zero-order chi connectivity index (χ0) is 8.66. The maximum atomic E-state index is 4.68. The van der Waals surface area contributed by atoms with Gasteiger partial charge in [-0.3, -0.25) is 4.99 Å².